The molecule has 0 radical (unpaired) electrons. The molecule has 1 N–H and O–H groups in total. The van der Waals surface area contributed by atoms with Gasteiger partial charge in [-0.1, -0.05) is 4.73 Å². The van der Waals surface area contributed by atoms with E-state index in [1.165, 1.54) is 14.0 Å². The van der Waals surface area contributed by atoms with Crippen LogP contribution in [-0.4, -0.2) is 22.6 Å². The van der Waals surface area contributed by atoms with Crippen molar-refractivity contribution in [2.24, 2.45) is 0 Å². The van der Waals surface area contributed by atoms with Gasteiger partial charge in [0, 0.05) is 5.56 Å². The van der Waals surface area contributed by atoms with Gasteiger partial charge in [0.25, 0.3) is 5.56 Å². The molecule has 0 bridgehead atoms. The molecule has 0 amide bonds. The number of ketones is 1. The van der Waals surface area contributed by atoms with Crippen LogP contribution in [0.3, 0.4) is 0 Å². The lowest BCUT2D eigenvalue weighted by Gasteiger charge is -2.07. The Kier molecular flexibility index (Phi) is 2.78. The van der Waals surface area contributed by atoms with Crippen LogP contribution >= 0.6 is 0 Å². The van der Waals surface area contributed by atoms with Gasteiger partial charge in [0.2, 0.25) is 0 Å². The molecule has 1 heterocycles. The van der Waals surface area contributed by atoms with Crippen molar-refractivity contribution in [3.05, 3.63) is 44.1 Å². The zero-order valence-electron chi connectivity index (χ0n) is 10.2. The fraction of sp³-hybridized carbons (Fsp3) is 0.250. The van der Waals surface area contributed by atoms with Crippen molar-refractivity contribution < 1.29 is 9.63 Å². The second-order valence-corrected chi connectivity index (χ2v) is 4.00. The zero-order valence-corrected chi connectivity index (χ0v) is 10.2. The second-order valence-electron chi connectivity index (χ2n) is 4.00. The van der Waals surface area contributed by atoms with Gasteiger partial charge < -0.3 is 9.82 Å². The number of carbonyl (C=O) groups excluding carboxylic acids is 1. The fourth-order valence-corrected chi connectivity index (χ4v) is 1.89. The van der Waals surface area contributed by atoms with Crippen LogP contribution in [-0.2, 0) is 0 Å². The lowest BCUT2D eigenvalue weighted by atomic mass is 10.0. The lowest BCUT2D eigenvalue weighted by Crippen LogP contribution is -2.38. The maximum atomic E-state index is 12.0. The van der Waals surface area contributed by atoms with Gasteiger partial charge >= 0.3 is 5.69 Å². The molecule has 6 heteroatoms. The van der Waals surface area contributed by atoms with Crippen molar-refractivity contribution in [1.82, 2.24) is 9.71 Å². The molecule has 0 fully saturated rings. The summed E-state index contributed by atoms with van der Waals surface area (Å²) in [6, 6.07) is 3.24. The van der Waals surface area contributed by atoms with Crippen LogP contribution in [0.2, 0.25) is 0 Å². The van der Waals surface area contributed by atoms with E-state index in [-0.39, 0.29) is 16.7 Å². The molecule has 0 aliphatic rings. The Hall–Kier alpha value is -2.37. The Morgan fingerprint density at radius 1 is 1.33 bits per heavy atom. The average molecular weight is 248 g/mol. The molecule has 6 nitrogen and oxygen atoms in total. The highest BCUT2D eigenvalue weighted by molar-refractivity contribution is 6.05. The van der Waals surface area contributed by atoms with Crippen LogP contribution in [0.4, 0.5) is 0 Å². The SMILES string of the molecule is COn1c(=O)[nH]c2c(C(C)=O)cc(C)cc2c1=O. The second kappa shape index (κ2) is 4.14. The summed E-state index contributed by atoms with van der Waals surface area (Å²) in [6.45, 7) is 3.15. The molecule has 0 aliphatic carbocycles. The Balaban J connectivity index is 3.06. The molecule has 2 rings (SSSR count). The molecular formula is C12H12N2O4. The summed E-state index contributed by atoms with van der Waals surface area (Å²) in [4.78, 5) is 42.3. The first-order chi connectivity index (χ1) is 8.45. The fourth-order valence-electron chi connectivity index (χ4n) is 1.89. The number of H-pyrrole nitrogens is 1. The van der Waals surface area contributed by atoms with E-state index < -0.39 is 11.2 Å². The number of nitrogens with one attached hydrogen (secondary N) is 1. The number of aromatic amines is 1. The molecule has 0 saturated heterocycles. The predicted octanol–water partition coefficient (Wildman–Crippen LogP) is 0.259. The normalized spacial score (nSPS) is 10.6. The van der Waals surface area contributed by atoms with Gasteiger partial charge in [0.15, 0.2) is 5.78 Å². The third-order valence-electron chi connectivity index (χ3n) is 2.68. The van der Waals surface area contributed by atoms with E-state index in [0.717, 1.165) is 5.56 Å². The number of rotatable bonds is 2. The van der Waals surface area contributed by atoms with E-state index in [9.17, 15) is 14.4 Å². The van der Waals surface area contributed by atoms with Crippen LogP contribution in [0.5, 0.6) is 0 Å². The standard InChI is InChI=1S/C12H12N2O4/c1-6-4-8(7(2)15)10-9(5-6)11(16)14(18-3)12(17)13-10/h4-5H,1-3H3,(H,13,17). The van der Waals surface area contributed by atoms with Crippen molar-refractivity contribution >= 4 is 16.7 Å². The maximum Gasteiger partial charge on any atom is 0.362 e. The molecule has 0 saturated carbocycles. The number of benzene rings is 1. The summed E-state index contributed by atoms with van der Waals surface area (Å²) in [6.07, 6.45) is 0. The van der Waals surface area contributed by atoms with Crippen molar-refractivity contribution in [2.45, 2.75) is 13.8 Å². The van der Waals surface area contributed by atoms with Gasteiger partial charge in [-0.05, 0) is 31.5 Å². The highest BCUT2D eigenvalue weighted by Crippen LogP contribution is 2.15. The summed E-state index contributed by atoms with van der Waals surface area (Å²) in [5.41, 5.74) is 0.0437. The first kappa shape index (κ1) is 12.1. The van der Waals surface area contributed by atoms with Crippen LogP contribution < -0.4 is 16.1 Å². The lowest BCUT2D eigenvalue weighted by molar-refractivity contribution is 0.101. The van der Waals surface area contributed by atoms with Gasteiger partial charge in [-0.25, -0.2) is 4.79 Å². The van der Waals surface area contributed by atoms with E-state index in [4.69, 9.17) is 4.84 Å². The minimum atomic E-state index is -0.707. The van der Waals surface area contributed by atoms with Crippen molar-refractivity contribution in [2.75, 3.05) is 7.11 Å². The first-order valence-electron chi connectivity index (χ1n) is 5.31. The quantitative estimate of drug-likeness (QED) is 0.773. The van der Waals surface area contributed by atoms with Crippen LogP contribution in [0.15, 0.2) is 21.7 Å². The maximum absolute atomic E-state index is 12.0. The molecular weight excluding hydrogens is 236 g/mol. The van der Waals surface area contributed by atoms with E-state index in [1.807, 2.05) is 0 Å². The van der Waals surface area contributed by atoms with Crippen LogP contribution in [0.1, 0.15) is 22.8 Å². The molecule has 18 heavy (non-hydrogen) atoms. The summed E-state index contributed by atoms with van der Waals surface area (Å²) < 4.78 is 0.617. The monoisotopic (exact) mass is 248 g/mol. The minimum absolute atomic E-state index is 0.214. The van der Waals surface area contributed by atoms with Crippen molar-refractivity contribution in [3.63, 3.8) is 0 Å². The summed E-state index contributed by atoms with van der Waals surface area (Å²) in [5.74, 6) is -0.214. The number of aryl methyl sites for hydroxylation is 1. The zero-order chi connectivity index (χ0) is 13.4. The van der Waals surface area contributed by atoms with Crippen molar-refractivity contribution in [1.29, 1.82) is 0 Å². The van der Waals surface area contributed by atoms with E-state index >= 15 is 0 Å². The van der Waals surface area contributed by atoms with Gasteiger partial charge in [-0.2, -0.15) is 0 Å². The summed E-state index contributed by atoms with van der Waals surface area (Å²) >= 11 is 0. The number of hydrogen-bond donors (Lipinski definition) is 1. The smallest absolute Gasteiger partial charge is 0.362 e. The Morgan fingerprint density at radius 2 is 2.00 bits per heavy atom. The first-order valence-corrected chi connectivity index (χ1v) is 5.31. The highest BCUT2D eigenvalue weighted by atomic mass is 16.7. The predicted molar refractivity (Wildman–Crippen MR) is 66.1 cm³/mol. The third kappa shape index (κ3) is 1.71. The van der Waals surface area contributed by atoms with Gasteiger partial charge in [-0.3, -0.25) is 9.59 Å². The Morgan fingerprint density at radius 3 is 2.56 bits per heavy atom. The average Bonchev–Trinajstić information content (AvgIpc) is 2.30. The van der Waals surface area contributed by atoms with Crippen LogP contribution in [0.25, 0.3) is 10.9 Å². The van der Waals surface area contributed by atoms with E-state index in [2.05, 4.69) is 4.98 Å². The van der Waals surface area contributed by atoms with E-state index in [0.29, 0.717) is 10.3 Å². The Labute approximate surface area is 102 Å². The molecule has 0 unspecified atom stereocenters. The van der Waals surface area contributed by atoms with Gasteiger partial charge in [-0.15, -0.1) is 0 Å². The number of nitrogens with zero attached hydrogens (tertiary/aromatic N) is 1. The molecule has 2 aromatic rings. The number of Topliss-reactive ketones (excluding diaryl/α,β-unsaturated/α-hetero) is 1. The molecule has 94 valence electrons. The third-order valence-corrected chi connectivity index (χ3v) is 2.68. The molecule has 1 aromatic carbocycles. The number of aromatic nitrogens is 2. The topological polar surface area (TPSA) is 81.2 Å². The van der Waals surface area contributed by atoms with Crippen LogP contribution in [0, 0.1) is 6.92 Å². The minimum Gasteiger partial charge on any atom is -0.409 e. The van der Waals surface area contributed by atoms with Gasteiger partial charge in [0.1, 0.15) is 7.11 Å². The van der Waals surface area contributed by atoms with E-state index in [1.54, 1.807) is 19.1 Å². The van der Waals surface area contributed by atoms with Crippen molar-refractivity contribution in [3.8, 4) is 0 Å². The summed E-state index contributed by atoms with van der Waals surface area (Å²) in [5, 5.41) is 0.252. The van der Waals surface area contributed by atoms with Gasteiger partial charge in [0.05, 0.1) is 10.9 Å². The summed E-state index contributed by atoms with van der Waals surface area (Å²) in [7, 11) is 1.23. The largest absolute Gasteiger partial charge is 0.409 e. The number of carbonyl (C=O) groups is 1. The molecule has 1 aromatic heterocycles. The molecule has 0 atom stereocenters. The molecule has 0 spiro atoms. The Bertz CT molecular complexity index is 755. The molecule has 0 aliphatic heterocycles. The highest BCUT2D eigenvalue weighted by Gasteiger charge is 2.13. The number of hydrogen-bond acceptors (Lipinski definition) is 4. The number of fused-ring (bicyclic) bond motifs is 1.